The van der Waals surface area contributed by atoms with E-state index < -0.39 is 0 Å². The molecule has 0 atom stereocenters. The summed E-state index contributed by atoms with van der Waals surface area (Å²) in [5, 5.41) is 3.19. The number of methoxy groups -OCH3 is 1. The number of nitrogens with one attached hydrogen (secondary N) is 2. The lowest BCUT2D eigenvalue weighted by atomic mass is 10.1. The summed E-state index contributed by atoms with van der Waals surface area (Å²) in [5.74, 6) is 0.664. The average molecular weight is 367 g/mol. The second-order valence-electron chi connectivity index (χ2n) is 5.37. The predicted octanol–water partition coefficient (Wildman–Crippen LogP) is 3.18. The smallest absolute Gasteiger partial charge is 0.252 e. The molecular weight excluding hydrogens is 350 g/mol. The fraction of sp³-hybridized carbons (Fsp3) is 0.105. The normalized spacial score (nSPS) is 10.3. The monoisotopic (exact) mass is 367 g/mol. The number of amides is 1. The van der Waals surface area contributed by atoms with Gasteiger partial charge in [-0.3, -0.25) is 9.59 Å². The van der Waals surface area contributed by atoms with Crippen molar-refractivity contribution in [3.05, 3.63) is 71.0 Å². The maximum Gasteiger partial charge on any atom is 0.252 e. The van der Waals surface area contributed by atoms with Gasteiger partial charge in [0.15, 0.2) is 5.16 Å². The van der Waals surface area contributed by atoms with Crippen molar-refractivity contribution in [1.82, 2.24) is 9.97 Å². The van der Waals surface area contributed by atoms with Crippen LogP contribution in [0.5, 0.6) is 5.75 Å². The minimum atomic E-state index is -0.253. The Kier molecular flexibility index (Phi) is 5.70. The molecule has 26 heavy (non-hydrogen) atoms. The highest BCUT2D eigenvalue weighted by Crippen LogP contribution is 2.19. The van der Waals surface area contributed by atoms with Gasteiger partial charge in [0.05, 0.1) is 18.6 Å². The molecule has 0 saturated carbocycles. The number of rotatable bonds is 6. The highest BCUT2D eigenvalue weighted by Gasteiger charge is 2.08. The van der Waals surface area contributed by atoms with Crippen LogP contribution in [0.15, 0.2) is 70.6 Å². The number of H-pyrrole nitrogens is 1. The van der Waals surface area contributed by atoms with Crippen LogP contribution in [0, 0.1) is 0 Å². The summed E-state index contributed by atoms with van der Waals surface area (Å²) >= 11 is 1.18. The Balaban J connectivity index is 1.64. The summed E-state index contributed by atoms with van der Waals surface area (Å²) in [5.41, 5.74) is 1.85. The largest absolute Gasteiger partial charge is 0.497 e. The maximum absolute atomic E-state index is 12.1. The highest BCUT2D eigenvalue weighted by molar-refractivity contribution is 7.99. The molecule has 0 aliphatic heterocycles. The van der Waals surface area contributed by atoms with E-state index in [0.717, 1.165) is 11.3 Å². The predicted molar refractivity (Wildman–Crippen MR) is 103 cm³/mol. The van der Waals surface area contributed by atoms with Crippen molar-refractivity contribution < 1.29 is 9.53 Å². The second-order valence-corrected chi connectivity index (χ2v) is 6.33. The number of hydrogen-bond acceptors (Lipinski definition) is 5. The van der Waals surface area contributed by atoms with Crippen molar-refractivity contribution in [3.63, 3.8) is 0 Å². The molecule has 1 aromatic heterocycles. The molecule has 1 amide bonds. The van der Waals surface area contributed by atoms with Gasteiger partial charge in [-0.2, -0.15) is 0 Å². The molecule has 0 fully saturated rings. The first-order valence-corrected chi connectivity index (χ1v) is 8.86. The third kappa shape index (κ3) is 4.73. The zero-order chi connectivity index (χ0) is 18.4. The molecular formula is C19H17N3O3S. The van der Waals surface area contributed by atoms with Gasteiger partial charge in [-0.15, -0.1) is 0 Å². The zero-order valence-electron chi connectivity index (χ0n) is 14.1. The molecule has 0 aliphatic carbocycles. The van der Waals surface area contributed by atoms with E-state index in [9.17, 15) is 9.59 Å². The Labute approximate surface area is 154 Å². The lowest BCUT2D eigenvalue weighted by molar-refractivity contribution is -0.113. The van der Waals surface area contributed by atoms with Gasteiger partial charge < -0.3 is 15.0 Å². The number of carbonyl (C=O) groups is 1. The van der Waals surface area contributed by atoms with Crippen molar-refractivity contribution in [3.8, 4) is 17.0 Å². The van der Waals surface area contributed by atoms with Crippen LogP contribution in [0.1, 0.15) is 0 Å². The summed E-state index contributed by atoms with van der Waals surface area (Å²) in [4.78, 5) is 31.0. The Hall–Kier alpha value is -3.06. The van der Waals surface area contributed by atoms with Crippen LogP contribution in [-0.2, 0) is 4.79 Å². The second kappa shape index (κ2) is 8.35. The van der Waals surface area contributed by atoms with Crippen LogP contribution >= 0.6 is 11.8 Å². The van der Waals surface area contributed by atoms with E-state index in [4.69, 9.17) is 4.74 Å². The Morgan fingerprint density at radius 3 is 2.58 bits per heavy atom. The number of ether oxygens (including phenoxy) is 1. The molecule has 1 heterocycles. The molecule has 132 valence electrons. The first-order chi connectivity index (χ1) is 12.6. The number of benzene rings is 2. The average Bonchev–Trinajstić information content (AvgIpc) is 2.67. The van der Waals surface area contributed by atoms with Crippen LogP contribution < -0.4 is 15.6 Å². The topological polar surface area (TPSA) is 84.1 Å². The van der Waals surface area contributed by atoms with Gasteiger partial charge in [0.2, 0.25) is 5.91 Å². The fourth-order valence-electron chi connectivity index (χ4n) is 2.27. The van der Waals surface area contributed by atoms with Crippen molar-refractivity contribution in [2.24, 2.45) is 0 Å². The van der Waals surface area contributed by atoms with Gasteiger partial charge in [0.25, 0.3) is 5.56 Å². The van der Waals surface area contributed by atoms with E-state index in [0.29, 0.717) is 16.5 Å². The fourth-order valence-corrected chi connectivity index (χ4v) is 2.94. The number of aromatic nitrogens is 2. The Morgan fingerprint density at radius 2 is 1.88 bits per heavy atom. The molecule has 0 radical (unpaired) electrons. The molecule has 3 rings (SSSR count). The van der Waals surface area contributed by atoms with Crippen molar-refractivity contribution in [2.45, 2.75) is 5.16 Å². The lowest BCUT2D eigenvalue weighted by Gasteiger charge is -2.07. The third-order valence-electron chi connectivity index (χ3n) is 3.50. The van der Waals surface area contributed by atoms with Gasteiger partial charge in [-0.1, -0.05) is 42.1 Å². The number of hydrogen-bond donors (Lipinski definition) is 2. The minimum Gasteiger partial charge on any atom is -0.497 e. The van der Waals surface area contributed by atoms with Crippen molar-refractivity contribution in [1.29, 1.82) is 0 Å². The standard InChI is InChI=1S/C19H17N3O3S/c1-25-15-9-7-14(8-10-15)20-18(24)12-26-19-21-16(11-17(23)22-19)13-5-3-2-4-6-13/h2-11H,12H2,1H3,(H,20,24)(H,21,22,23). The van der Waals surface area contributed by atoms with Crippen LogP contribution in [0.25, 0.3) is 11.3 Å². The van der Waals surface area contributed by atoms with Gasteiger partial charge >= 0.3 is 0 Å². The number of anilines is 1. The highest BCUT2D eigenvalue weighted by atomic mass is 32.2. The summed E-state index contributed by atoms with van der Waals surface area (Å²) in [7, 11) is 1.58. The van der Waals surface area contributed by atoms with Gasteiger partial charge in [0.1, 0.15) is 5.75 Å². The molecule has 6 nitrogen and oxygen atoms in total. The van der Waals surface area contributed by atoms with Crippen LogP contribution in [0.3, 0.4) is 0 Å². The number of carbonyl (C=O) groups excluding carboxylic acids is 1. The molecule has 7 heteroatoms. The summed E-state index contributed by atoms with van der Waals surface area (Å²) < 4.78 is 5.08. The van der Waals surface area contributed by atoms with E-state index >= 15 is 0 Å². The minimum absolute atomic E-state index is 0.132. The van der Waals surface area contributed by atoms with Crippen LogP contribution in [0.4, 0.5) is 5.69 Å². The summed E-state index contributed by atoms with van der Waals surface area (Å²) in [6.45, 7) is 0. The van der Waals surface area contributed by atoms with E-state index in [1.54, 1.807) is 31.4 Å². The van der Waals surface area contributed by atoms with Gasteiger partial charge in [0, 0.05) is 17.3 Å². The third-order valence-corrected chi connectivity index (χ3v) is 4.38. The molecule has 0 bridgehead atoms. The van der Waals surface area contributed by atoms with Gasteiger partial charge in [-0.05, 0) is 24.3 Å². The molecule has 0 unspecified atom stereocenters. The zero-order valence-corrected chi connectivity index (χ0v) is 14.9. The molecule has 2 aromatic carbocycles. The maximum atomic E-state index is 12.1. The molecule has 3 aromatic rings. The molecule has 0 saturated heterocycles. The van der Waals surface area contributed by atoms with E-state index in [1.807, 2.05) is 30.3 Å². The van der Waals surface area contributed by atoms with E-state index in [1.165, 1.54) is 17.8 Å². The summed E-state index contributed by atoms with van der Waals surface area (Å²) in [6.07, 6.45) is 0. The van der Waals surface area contributed by atoms with Crippen molar-refractivity contribution >= 4 is 23.4 Å². The Bertz CT molecular complexity index is 940. The van der Waals surface area contributed by atoms with Crippen LogP contribution in [0.2, 0.25) is 0 Å². The number of nitrogens with zero attached hydrogens (tertiary/aromatic N) is 1. The van der Waals surface area contributed by atoms with E-state index in [-0.39, 0.29) is 17.2 Å². The first kappa shape index (κ1) is 17.8. The molecule has 2 N–H and O–H groups in total. The molecule has 0 aliphatic rings. The van der Waals surface area contributed by atoms with Crippen LogP contribution in [-0.4, -0.2) is 28.7 Å². The van der Waals surface area contributed by atoms with Crippen molar-refractivity contribution in [2.75, 3.05) is 18.2 Å². The van der Waals surface area contributed by atoms with E-state index in [2.05, 4.69) is 15.3 Å². The summed E-state index contributed by atoms with van der Waals surface area (Å²) in [6, 6.07) is 17.9. The SMILES string of the molecule is COc1ccc(NC(=O)CSc2nc(-c3ccccc3)cc(=O)[nH]2)cc1. The quantitative estimate of drug-likeness (QED) is 0.516. The molecule has 0 spiro atoms. The first-order valence-electron chi connectivity index (χ1n) is 7.87. The number of thioether (sulfide) groups is 1. The Morgan fingerprint density at radius 1 is 1.15 bits per heavy atom. The van der Waals surface area contributed by atoms with Gasteiger partial charge in [-0.25, -0.2) is 4.98 Å². The number of aromatic amines is 1. The lowest BCUT2D eigenvalue weighted by Crippen LogP contribution is -2.15.